The molecule has 0 fully saturated rings. The Hall–Kier alpha value is -1.19. The van der Waals surface area contributed by atoms with E-state index in [1.807, 2.05) is 0 Å². The van der Waals surface area contributed by atoms with Crippen LogP contribution in [-0.4, -0.2) is 41.4 Å². The summed E-state index contributed by atoms with van der Waals surface area (Å²) in [5, 5.41) is 6.28. The minimum atomic E-state index is -4.76. The van der Waals surface area contributed by atoms with Crippen molar-refractivity contribution in [3.63, 3.8) is 0 Å². The molecule has 0 aromatic rings. The summed E-state index contributed by atoms with van der Waals surface area (Å²) in [6, 6.07) is 0. The molecule has 0 aliphatic heterocycles. The molecule has 5 N–H and O–H groups in total. The van der Waals surface area contributed by atoms with E-state index in [0.29, 0.717) is 0 Å². The van der Waals surface area contributed by atoms with Crippen LogP contribution in [0.15, 0.2) is 0 Å². The Morgan fingerprint density at radius 3 is 2.00 bits per heavy atom. The molecule has 0 amide bonds. The molecule has 0 saturated heterocycles. The summed E-state index contributed by atoms with van der Waals surface area (Å²) in [5.74, 6) is -2.78. The zero-order valence-corrected chi connectivity index (χ0v) is 9.73. The van der Waals surface area contributed by atoms with Gasteiger partial charge in [-0.15, -0.1) is 0 Å². The summed E-state index contributed by atoms with van der Waals surface area (Å²) in [6.07, 6.45) is -1.61. The molecule has 8 nitrogen and oxygen atoms in total. The van der Waals surface area contributed by atoms with Gasteiger partial charge in [0.15, 0.2) is 5.25 Å². The minimum Gasteiger partial charge on any atom is -0.481 e. The predicted molar refractivity (Wildman–Crippen MR) is 53.8 cm³/mol. The fourth-order valence-corrected chi connectivity index (χ4v) is 1.43. The Morgan fingerprint density at radius 1 is 1.31 bits per heavy atom. The number of carboxylic acids is 1. The lowest BCUT2D eigenvalue weighted by molar-refractivity contribution is -0.150. The van der Waals surface area contributed by atoms with E-state index < -0.39 is 39.8 Å². The van der Waals surface area contributed by atoms with Crippen molar-refractivity contribution in [2.75, 3.05) is 0 Å². The Morgan fingerprint density at radius 2 is 1.75 bits per heavy atom. The zero-order valence-electron chi connectivity index (χ0n) is 8.91. The van der Waals surface area contributed by atoms with E-state index in [1.54, 1.807) is 0 Å². The van der Waals surface area contributed by atoms with Gasteiger partial charge in [0.2, 0.25) is 0 Å². The van der Waals surface area contributed by atoms with E-state index in [4.69, 9.17) is 9.66 Å². The fourth-order valence-electron chi connectivity index (χ4n) is 0.777. The highest BCUT2D eigenvalue weighted by atomic mass is 32.2. The van der Waals surface area contributed by atoms with Gasteiger partial charge in [0.1, 0.15) is 0 Å². The molecule has 0 bridgehead atoms. The van der Waals surface area contributed by atoms with Crippen LogP contribution in [0, 0.1) is 0 Å². The first-order valence-electron chi connectivity index (χ1n) is 4.03. The predicted octanol–water partition coefficient (Wildman–Crippen LogP) is -0.169. The number of hydrogen-bond acceptors (Lipinski definition) is 6. The van der Waals surface area contributed by atoms with Gasteiger partial charge in [0.25, 0.3) is 10.1 Å². The number of carboxylic acid groups (broad SMARTS) is 1. The summed E-state index contributed by atoms with van der Waals surface area (Å²) in [4.78, 5) is 21.4. The molecule has 96 valence electrons. The van der Waals surface area contributed by atoms with Crippen molar-refractivity contribution in [3.8, 4) is 0 Å². The standard InChI is InChI=1S/C7H12O7S.H3N/c1-4(2)14-7(10)5(3-6(8)9)15(11,12)13;/h4-5H,3H2,1-2H3,(H,8,9)(H,11,12,13);1H3. The number of esters is 1. The van der Waals surface area contributed by atoms with Crippen LogP contribution in [0.2, 0.25) is 0 Å². The normalized spacial score (nSPS) is 12.8. The highest BCUT2D eigenvalue weighted by molar-refractivity contribution is 7.87. The lowest BCUT2D eigenvalue weighted by atomic mass is 10.3. The smallest absolute Gasteiger partial charge is 0.327 e. The number of hydrogen-bond donors (Lipinski definition) is 3. The van der Waals surface area contributed by atoms with Crippen molar-refractivity contribution in [1.29, 1.82) is 0 Å². The average Bonchev–Trinajstić information content (AvgIpc) is 1.95. The Bertz CT molecular complexity index is 348. The van der Waals surface area contributed by atoms with Crippen LogP contribution in [-0.2, 0) is 24.4 Å². The second-order valence-electron chi connectivity index (χ2n) is 3.09. The molecule has 0 aromatic heterocycles. The molecular formula is C7H15NO7S. The first-order valence-corrected chi connectivity index (χ1v) is 5.53. The topological polar surface area (TPSA) is 153 Å². The van der Waals surface area contributed by atoms with Crippen LogP contribution in [0.5, 0.6) is 0 Å². The molecule has 16 heavy (non-hydrogen) atoms. The number of carbonyl (C=O) groups is 2. The average molecular weight is 257 g/mol. The lowest BCUT2D eigenvalue weighted by Crippen LogP contribution is -2.35. The quantitative estimate of drug-likeness (QED) is 0.453. The highest BCUT2D eigenvalue weighted by Crippen LogP contribution is 2.08. The van der Waals surface area contributed by atoms with Crippen LogP contribution < -0.4 is 6.15 Å². The first-order chi connectivity index (χ1) is 6.64. The van der Waals surface area contributed by atoms with Gasteiger partial charge in [-0.3, -0.25) is 14.1 Å². The highest BCUT2D eigenvalue weighted by Gasteiger charge is 2.35. The van der Waals surface area contributed by atoms with E-state index in [2.05, 4.69) is 4.74 Å². The van der Waals surface area contributed by atoms with Crippen LogP contribution in [0.25, 0.3) is 0 Å². The fraction of sp³-hybridized carbons (Fsp3) is 0.714. The summed E-state index contributed by atoms with van der Waals surface area (Å²) >= 11 is 0. The van der Waals surface area contributed by atoms with Gasteiger partial charge in [-0.1, -0.05) is 0 Å². The number of aliphatic carboxylic acids is 1. The van der Waals surface area contributed by atoms with Crippen LogP contribution in [0.3, 0.4) is 0 Å². The second kappa shape index (κ2) is 6.40. The third kappa shape index (κ3) is 6.32. The monoisotopic (exact) mass is 257 g/mol. The molecule has 0 saturated carbocycles. The van der Waals surface area contributed by atoms with Crippen LogP contribution >= 0.6 is 0 Å². The van der Waals surface area contributed by atoms with Crippen molar-refractivity contribution in [2.24, 2.45) is 0 Å². The molecule has 0 aliphatic rings. The van der Waals surface area contributed by atoms with Crippen molar-refractivity contribution in [1.82, 2.24) is 6.15 Å². The molecule has 0 rings (SSSR count). The molecule has 0 aromatic carbocycles. The van der Waals surface area contributed by atoms with Crippen molar-refractivity contribution in [3.05, 3.63) is 0 Å². The lowest BCUT2D eigenvalue weighted by Gasteiger charge is -2.13. The van der Waals surface area contributed by atoms with Crippen LogP contribution in [0.1, 0.15) is 20.3 Å². The van der Waals surface area contributed by atoms with Gasteiger partial charge in [-0.25, -0.2) is 0 Å². The summed E-state index contributed by atoms with van der Waals surface area (Å²) in [5.41, 5.74) is 0. The van der Waals surface area contributed by atoms with E-state index in [1.165, 1.54) is 13.8 Å². The largest absolute Gasteiger partial charge is 0.481 e. The summed E-state index contributed by atoms with van der Waals surface area (Å²) in [6.45, 7) is 2.94. The molecule has 0 heterocycles. The molecule has 1 unspecified atom stereocenters. The van der Waals surface area contributed by atoms with Gasteiger partial charge in [-0.2, -0.15) is 8.42 Å². The molecule has 9 heteroatoms. The third-order valence-electron chi connectivity index (χ3n) is 1.33. The minimum absolute atomic E-state index is 0. The SMILES string of the molecule is CC(C)OC(=O)C(CC(=O)O)S(=O)(=O)O.N. The van der Waals surface area contributed by atoms with Gasteiger partial charge in [-0.05, 0) is 13.8 Å². The maximum atomic E-state index is 11.1. The van der Waals surface area contributed by atoms with Gasteiger partial charge in [0.05, 0.1) is 12.5 Å². The van der Waals surface area contributed by atoms with E-state index in [-0.39, 0.29) is 6.15 Å². The van der Waals surface area contributed by atoms with E-state index >= 15 is 0 Å². The molecule has 1 atom stereocenters. The first kappa shape index (κ1) is 17.2. The summed E-state index contributed by atoms with van der Waals surface area (Å²) in [7, 11) is -4.76. The van der Waals surface area contributed by atoms with E-state index in [0.717, 1.165) is 0 Å². The van der Waals surface area contributed by atoms with E-state index in [9.17, 15) is 18.0 Å². The van der Waals surface area contributed by atoms with Gasteiger partial charge < -0.3 is 16.0 Å². The van der Waals surface area contributed by atoms with Crippen molar-refractivity contribution >= 4 is 22.1 Å². The number of ether oxygens (including phenoxy) is 1. The molecule has 0 spiro atoms. The van der Waals surface area contributed by atoms with Gasteiger partial charge >= 0.3 is 11.9 Å². The number of carbonyl (C=O) groups excluding carboxylic acids is 1. The number of rotatable bonds is 5. The van der Waals surface area contributed by atoms with Crippen LogP contribution in [0.4, 0.5) is 0 Å². The zero-order chi connectivity index (χ0) is 12.2. The maximum Gasteiger partial charge on any atom is 0.327 e. The third-order valence-corrected chi connectivity index (χ3v) is 2.41. The van der Waals surface area contributed by atoms with Gasteiger partial charge in [0, 0.05) is 0 Å². The summed E-state index contributed by atoms with van der Waals surface area (Å²) < 4.78 is 34.5. The Labute approximate surface area is 92.9 Å². The molecular weight excluding hydrogens is 242 g/mol. The Balaban J connectivity index is 0. The Kier molecular flexibility index (Phi) is 6.89. The molecule has 0 aliphatic carbocycles. The molecule has 0 radical (unpaired) electrons. The van der Waals surface area contributed by atoms with Crippen molar-refractivity contribution in [2.45, 2.75) is 31.6 Å². The van der Waals surface area contributed by atoms with Crippen molar-refractivity contribution < 1.29 is 32.4 Å². The second-order valence-corrected chi connectivity index (χ2v) is 4.69. The maximum absolute atomic E-state index is 11.1.